The Bertz CT molecular complexity index is 528. The van der Waals surface area contributed by atoms with E-state index >= 15 is 0 Å². The summed E-state index contributed by atoms with van der Waals surface area (Å²) in [6, 6.07) is 3.19. The summed E-state index contributed by atoms with van der Waals surface area (Å²) in [5.41, 5.74) is -0.863. The number of nitrogens with one attached hydrogen (secondary N) is 1. The third-order valence-corrected chi connectivity index (χ3v) is 3.52. The van der Waals surface area contributed by atoms with Crippen molar-refractivity contribution in [3.8, 4) is 0 Å². The van der Waals surface area contributed by atoms with E-state index in [1.165, 1.54) is 6.20 Å². The zero-order chi connectivity index (χ0) is 14.8. The van der Waals surface area contributed by atoms with Gasteiger partial charge in [0.15, 0.2) is 0 Å². The number of carbonyl (C=O) groups excluding carboxylic acids is 1. The Kier molecular flexibility index (Phi) is 3.92. The van der Waals surface area contributed by atoms with E-state index in [4.69, 9.17) is 4.74 Å². The molecule has 0 bridgehead atoms. The number of nitrogens with zero attached hydrogens (tertiary/aromatic N) is 1. The van der Waals surface area contributed by atoms with Crippen LogP contribution in [0.4, 0.5) is 5.82 Å². The maximum atomic E-state index is 11.9. The Morgan fingerprint density at radius 3 is 2.80 bits per heavy atom. The molecule has 1 aromatic rings. The molecule has 1 unspecified atom stereocenters. The molecule has 1 fully saturated rings. The molecule has 0 aliphatic heterocycles. The van der Waals surface area contributed by atoms with E-state index < -0.39 is 17.5 Å². The zero-order valence-corrected chi connectivity index (χ0v) is 11.5. The standard InChI is InChI=1S/C14H18N2O4/c1-3-20-12(17)10-5-4-8-15-11(10)16-14(2,13(18)19)9-6-7-9/h4-5,8-9H,3,6-7H2,1-2H3,(H,15,16)(H,18,19). The van der Waals surface area contributed by atoms with Crippen molar-refractivity contribution in [3.05, 3.63) is 23.9 Å². The summed E-state index contributed by atoms with van der Waals surface area (Å²) in [5.74, 6) is -1.15. The molecule has 2 rings (SSSR count). The zero-order valence-electron chi connectivity index (χ0n) is 11.5. The van der Waals surface area contributed by atoms with Gasteiger partial charge in [-0.3, -0.25) is 0 Å². The first-order valence-electron chi connectivity index (χ1n) is 6.62. The highest BCUT2D eigenvalue weighted by Gasteiger charge is 2.48. The number of rotatable bonds is 6. The summed E-state index contributed by atoms with van der Waals surface area (Å²) in [4.78, 5) is 27.4. The molecule has 108 valence electrons. The van der Waals surface area contributed by atoms with Crippen LogP contribution in [0, 0.1) is 5.92 Å². The minimum atomic E-state index is -1.12. The predicted molar refractivity (Wildman–Crippen MR) is 72.6 cm³/mol. The lowest BCUT2D eigenvalue weighted by Crippen LogP contribution is -2.46. The lowest BCUT2D eigenvalue weighted by molar-refractivity contribution is -0.142. The highest BCUT2D eigenvalue weighted by atomic mass is 16.5. The number of carbonyl (C=O) groups is 2. The Morgan fingerprint density at radius 1 is 1.55 bits per heavy atom. The summed E-state index contributed by atoms with van der Waals surface area (Å²) in [6.45, 7) is 3.59. The van der Waals surface area contributed by atoms with Crippen molar-refractivity contribution < 1.29 is 19.4 Å². The van der Waals surface area contributed by atoms with Crippen LogP contribution < -0.4 is 5.32 Å². The molecular formula is C14H18N2O4. The van der Waals surface area contributed by atoms with E-state index in [-0.39, 0.29) is 23.9 Å². The number of ether oxygens (including phenoxy) is 1. The van der Waals surface area contributed by atoms with Crippen LogP contribution in [0.15, 0.2) is 18.3 Å². The second-order valence-electron chi connectivity index (χ2n) is 5.03. The minimum absolute atomic E-state index is 0.0528. The van der Waals surface area contributed by atoms with Gasteiger partial charge in [-0.25, -0.2) is 14.6 Å². The van der Waals surface area contributed by atoms with Gasteiger partial charge in [0.25, 0.3) is 0 Å². The number of carboxylic acids is 1. The summed E-state index contributed by atoms with van der Waals surface area (Å²) < 4.78 is 4.95. The van der Waals surface area contributed by atoms with E-state index in [9.17, 15) is 14.7 Å². The van der Waals surface area contributed by atoms with Gasteiger partial charge >= 0.3 is 11.9 Å². The van der Waals surface area contributed by atoms with E-state index in [1.54, 1.807) is 26.0 Å². The molecule has 1 aromatic heterocycles. The van der Waals surface area contributed by atoms with Gasteiger partial charge in [0.2, 0.25) is 0 Å². The fourth-order valence-corrected chi connectivity index (χ4v) is 2.12. The molecule has 1 atom stereocenters. The van der Waals surface area contributed by atoms with Crippen molar-refractivity contribution in [2.24, 2.45) is 5.92 Å². The molecule has 0 amide bonds. The molecular weight excluding hydrogens is 260 g/mol. The Hall–Kier alpha value is -2.11. The van der Waals surface area contributed by atoms with Crippen LogP contribution in [0.25, 0.3) is 0 Å². The van der Waals surface area contributed by atoms with Crippen molar-refractivity contribution in [2.75, 3.05) is 11.9 Å². The van der Waals surface area contributed by atoms with Gasteiger partial charge in [0.1, 0.15) is 16.9 Å². The number of aromatic nitrogens is 1. The number of anilines is 1. The summed E-state index contributed by atoms with van der Waals surface area (Å²) in [5, 5.41) is 12.3. The first kappa shape index (κ1) is 14.3. The van der Waals surface area contributed by atoms with E-state index in [0.29, 0.717) is 0 Å². The van der Waals surface area contributed by atoms with Crippen molar-refractivity contribution in [1.82, 2.24) is 4.98 Å². The molecule has 1 aliphatic carbocycles. The largest absolute Gasteiger partial charge is 0.480 e. The fourth-order valence-electron chi connectivity index (χ4n) is 2.12. The van der Waals surface area contributed by atoms with E-state index in [0.717, 1.165) is 12.8 Å². The van der Waals surface area contributed by atoms with Crippen molar-refractivity contribution in [1.29, 1.82) is 0 Å². The number of esters is 1. The maximum absolute atomic E-state index is 11.9. The average Bonchev–Trinajstić information content (AvgIpc) is 3.23. The fraction of sp³-hybridized carbons (Fsp3) is 0.500. The first-order chi connectivity index (χ1) is 9.49. The van der Waals surface area contributed by atoms with Gasteiger partial charge < -0.3 is 15.2 Å². The number of aliphatic carboxylic acids is 1. The number of pyridine rings is 1. The third kappa shape index (κ3) is 2.74. The quantitative estimate of drug-likeness (QED) is 0.773. The highest BCUT2D eigenvalue weighted by molar-refractivity contribution is 5.95. The Balaban J connectivity index is 2.28. The lowest BCUT2D eigenvalue weighted by Gasteiger charge is -2.27. The van der Waals surface area contributed by atoms with Crippen LogP contribution >= 0.6 is 0 Å². The number of hydrogen-bond acceptors (Lipinski definition) is 5. The molecule has 0 radical (unpaired) electrons. The molecule has 0 aromatic carbocycles. The summed E-state index contributed by atoms with van der Waals surface area (Å²) in [6.07, 6.45) is 3.23. The minimum Gasteiger partial charge on any atom is -0.480 e. The summed E-state index contributed by atoms with van der Waals surface area (Å²) >= 11 is 0. The highest BCUT2D eigenvalue weighted by Crippen LogP contribution is 2.41. The van der Waals surface area contributed by atoms with Gasteiger partial charge in [0.05, 0.1) is 6.61 Å². The average molecular weight is 278 g/mol. The lowest BCUT2D eigenvalue weighted by atomic mass is 9.95. The van der Waals surface area contributed by atoms with Gasteiger partial charge in [-0.2, -0.15) is 0 Å². The number of carboxylic acid groups (broad SMARTS) is 1. The van der Waals surface area contributed by atoms with Gasteiger partial charge in [0, 0.05) is 6.20 Å². The van der Waals surface area contributed by atoms with Crippen LogP contribution in [-0.2, 0) is 9.53 Å². The van der Waals surface area contributed by atoms with Crippen molar-refractivity contribution in [3.63, 3.8) is 0 Å². The van der Waals surface area contributed by atoms with Crippen LogP contribution in [0.2, 0.25) is 0 Å². The SMILES string of the molecule is CCOC(=O)c1cccnc1NC(C)(C(=O)O)C1CC1. The number of hydrogen-bond donors (Lipinski definition) is 2. The van der Waals surface area contributed by atoms with Crippen LogP contribution in [0.1, 0.15) is 37.0 Å². The molecule has 2 N–H and O–H groups in total. The topological polar surface area (TPSA) is 88.5 Å². The molecule has 1 heterocycles. The smallest absolute Gasteiger partial charge is 0.341 e. The molecule has 1 saturated carbocycles. The van der Waals surface area contributed by atoms with Crippen molar-refractivity contribution in [2.45, 2.75) is 32.2 Å². The molecule has 6 nitrogen and oxygen atoms in total. The van der Waals surface area contributed by atoms with Gasteiger partial charge in [-0.05, 0) is 44.7 Å². The molecule has 0 spiro atoms. The van der Waals surface area contributed by atoms with Crippen LogP contribution in [0.5, 0.6) is 0 Å². The normalized spacial score (nSPS) is 17.1. The molecule has 20 heavy (non-hydrogen) atoms. The molecule has 1 aliphatic rings. The molecule has 0 saturated heterocycles. The second kappa shape index (κ2) is 5.48. The van der Waals surface area contributed by atoms with E-state index in [1.807, 2.05) is 0 Å². The first-order valence-corrected chi connectivity index (χ1v) is 6.62. The van der Waals surface area contributed by atoms with Gasteiger partial charge in [-0.1, -0.05) is 0 Å². The second-order valence-corrected chi connectivity index (χ2v) is 5.03. The van der Waals surface area contributed by atoms with Crippen molar-refractivity contribution >= 4 is 17.8 Å². The monoisotopic (exact) mass is 278 g/mol. The predicted octanol–water partition coefficient (Wildman–Crippen LogP) is 1.92. The Labute approximate surface area is 117 Å². The van der Waals surface area contributed by atoms with Crippen LogP contribution in [-0.4, -0.2) is 34.2 Å². The van der Waals surface area contributed by atoms with E-state index in [2.05, 4.69) is 10.3 Å². The van der Waals surface area contributed by atoms with Crippen LogP contribution in [0.3, 0.4) is 0 Å². The third-order valence-electron chi connectivity index (χ3n) is 3.52. The summed E-state index contributed by atoms with van der Waals surface area (Å²) in [7, 11) is 0. The van der Waals surface area contributed by atoms with Gasteiger partial charge in [-0.15, -0.1) is 0 Å². The maximum Gasteiger partial charge on any atom is 0.341 e. The Morgan fingerprint density at radius 2 is 2.25 bits per heavy atom. The molecule has 6 heteroatoms.